The van der Waals surface area contributed by atoms with Crippen LogP contribution in [0.1, 0.15) is 31.0 Å². The summed E-state index contributed by atoms with van der Waals surface area (Å²) in [6, 6.07) is 8.91. The van der Waals surface area contributed by atoms with Gasteiger partial charge in [-0.3, -0.25) is 14.7 Å². The van der Waals surface area contributed by atoms with Gasteiger partial charge in [0.05, 0.1) is 38.8 Å². The van der Waals surface area contributed by atoms with E-state index in [4.69, 9.17) is 14.5 Å². The fraction of sp³-hybridized carbons (Fsp3) is 0.652. The van der Waals surface area contributed by atoms with Gasteiger partial charge in [-0.1, -0.05) is 36.8 Å². The minimum atomic E-state index is -0.133. The van der Waals surface area contributed by atoms with Crippen molar-refractivity contribution in [2.75, 3.05) is 59.6 Å². The highest BCUT2D eigenvalue weighted by molar-refractivity contribution is 14.0. The first kappa shape index (κ1) is 25.9. The van der Waals surface area contributed by atoms with Crippen molar-refractivity contribution in [3.8, 4) is 0 Å². The average Bonchev–Trinajstić information content (AvgIpc) is 3.15. The minimum Gasteiger partial charge on any atom is -0.469 e. The second kappa shape index (κ2) is 12.6. The van der Waals surface area contributed by atoms with Gasteiger partial charge in [-0.05, 0) is 25.3 Å². The molecule has 2 heterocycles. The van der Waals surface area contributed by atoms with Crippen molar-refractivity contribution in [1.29, 1.82) is 0 Å². The standard InChI is InChI=1S/C23H36N4O3.HI/c1-5-24-23(27-15-18(3)20(16-27)22(28)29-4)25-14-21(26-9-11-30-12-10-26)19-8-6-7-17(2)13-19;/h6-8,13,18,20-21H,5,9-12,14-16H2,1-4H3,(H,24,25);1H. The van der Waals surface area contributed by atoms with Gasteiger partial charge in [0.25, 0.3) is 0 Å². The smallest absolute Gasteiger partial charge is 0.310 e. The van der Waals surface area contributed by atoms with Crippen molar-refractivity contribution in [1.82, 2.24) is 15.1 Å². The molecule has 0 amide bonds. The third-order valence-electron chi connectivity index (χ3n) is 6.08. The average molecular weight is 544 g/mol. The fourth-order valence-corrected chi connectivity index (χ4v) is 4.39. The van der Waals surface area contributed by atoms with Crippen molar-refractivity contribution in [3.05, 3.63) is 35.4 Å². The highest BCUT2D eigenvalue weighted by atomic mass is 127. The van der Waals surface area contributed by atoms with Gasteiger partial charge in [-0.25, -0.2) is 0 Å². The van der Waals surface area contributed by atoms with Crippen LogP contribution in [0.3, 0.4) is 0 Å². The summed E-state index contributed by atoms with van der Waals surface area (Å²) in [7, 11) is 1.46. The monoisotopic (exact) mass is 544 g/mol. The van der Waals surface area contributed by atoms with E-state index in [2.05, 4.69) is 60.2 Å². The van der Waals surface area contributed by atoms with Crippen LogP contribution in [-0.2, 0) is 14.3 Å². The topological polar surface area (TPSA) is 66.4 Å². The molecule has 8 heteroatoms. The Balaban J connectivity index is 0.00000341. The summed E-state index contributed by atoms with van der Waals surface area (Å²) in [6.45, 7) is 12.6. The number of hydrogen-bond acceptors (Lipinski definition) is 5. The summed E-state index contributed by atoms with van der Waals surface area (Å²) in [4.78, 5) is 21.8. The van der Waals surface area contributed by atoms with E-state index in [0.29, 0.717) is 13.1 Å². The van der Waals surface area contributed by atoms with Crippen LogP contribution in [-0.4, -0.2) is 81.3 Å². The molecule has 3 atom stereocenters. The van der Waals surface area contributed by atoms with Gasteiger partial charge >= 0.3 is 5.97 Å². The lowest BCUT2D eigenvalue weighted by atomic mass is 9.99. The van der Waals surface area contributed by atoms with Crippen LogP contribution in [0, 0.1) is 18.8 Å². The molecular weight excluding hydrogens is 507 g/mol. The first-order valence-corrected chi connectivity index (χ1v) is 11.0. The number of rotatable bonds is 6. The van der Waals surface area contributed by atoms with Crippen molar-refractivity contribution in [3.63, 3.8) is 0 Å². The molecule has 0 spiro atoms. The van der Waals surface area contributed by atoms with E-state index in [1.807, 2.05) is 0 Å². The molecule has 3 rings (SSSR count). The van der Waals surface area contributed by atoms with E-state index in [1.165, 1.54) is 18.2 Å². The number of benzene rings is 1. The number of aryl methyl sites for hydroxylation is 1. The molecule has 2 aliphatic heterocycles. The van der Waals surface area contributed by atoms with Gasteiger partial charge in [-0.15, -0.1) is 24.0 Å². The Bertz CT molecular complexity index is 739. The summed E-state index contributed by atoms with van der Waals surface area (Å²) in [5.74, 6) is 0.882. The molecule has 2 fully saturated rings. The van der Waals surface area contributed by atoms with Gasteiger partial charge in [0.2, 0.25) is 0 Å². The fourth-order valence-electron chi connectivity index (χ4n) is 4.39. The third-order valence-corrected chi connectivity index (χ3v) is 6.08. The third kappa shape index (κ3) is 6.79. The molecule has 1 N–H and O–H groups in total. The molecule has 1 aromatic carbocycles. The van der Waals surface area contributed by atoms with Crippen LogP contribution in [0.15, 0.2) is 29.3 Å². The maximum absolute atomic E-state index is 12.1. The van der Waals surface area contributed by atoms with Crippen LogP contribution in [0.4, 0.5) is 0 Å². The molecule has 0 radical (unpaired) electrons. The van der Waals surface area contributed by atoms with Crippen LogP contribution in [0.2, 0.25) is 0 Å². The number of hydrogen-bond donors (Lipinski definition) is 1. The van der Waals surface area contributed by atoms with Crippen LogP contribution in [0.5, 0.6) is 0 Å². The van der Waals surface area contributed by atoms with Crippen molar-refractivity contribution in [2.45, 2.75) is 26.8 Å². The lowest BCUT2D eigenvalue weighted by Crippen LogP contribution is -2.43. The number of methoxy groups -OCH3 is 1. The van der Waals surface area contributed by atoms with Crippen LogP contribution < -0.4 is 5.32 Å². The number of morpholine rings is 1. The zero-order chi connectivity index (χ0) is 21.5. The summed E-state index contributed by atoms with van der Waals surface area (Å²) in [5, 5.41) is 3.42. The molecule has 0 aromatic heterocycles. The number of esters is 1. The number of nitrogens with one attached hydrogen (secondary N) is 1. The largest absolute Gasteiger partial charge is 0.469 e. The second-order valence-corrected chi connectivity index (χ2v) is 8.28. The van der Waals surface area contributed by atoms with Crippen LogP contribution >= 0.6 is 24.0 Å². The highest BCUT2D eigenvalue weighted by Crippen LogP contribution is 2.26. The molecule has 0 aliphatic carbocycles. The highest BCUT2D eigenvalue weighted by Gasteiger charge is 2.37. The predicted molar refractivity (Wildman–Crippen MR) is 134 cm³/mol. The van der Waals surface area contributed by atoms with Gasteiger partial charge in [-0.2, -0.15) is 0 Å². The minimum absolute atomic E-state index is 0. The lowest BCUT2D eigenvalue weighted by Gasteiger charge is -2.34. The predicted octanol–water partition coefficient (Wildman–Crippen LogP) is 2.69. The van der Waals surface area contributed by atoms with E-state index < -0.39 is 0 Å². The van der Waals surface area contributed by atoms with Crippen molar-refractivity contribution < 1.29 is 14.3 Å². The molecule has 0 saturated carbocycles. The first-order chi connectivity index (χ1) is 14.5. The summed E-state index contributed by atoms with van der Waals surface area (Å²) in [5.41, 5.74) is 2.55. The molecule has 2 aliphatic rings. The molecule has 1 aromatic rings. The van der Waals surface area contributed by atoms with E-state index in [0.717, 1.165) is 45.4 Å². The number of aliphatic imine (C=N–C) groups is 1. The maximum Gasteiger partial charge on any atom is 0.310 e. The van der Waals surface area contributed by atoms with E-state index in [1.54, 1.807) is 0 Å². The lowest BCUT2D eigenvalue weighted by molar-refractivity contribution is -0.145. The van der Waals surface area contributed by atoms with E-state index in [-0.39, 0.29) is 47.8 Å². The number of likely N-dealkylation sites (tertiary alicyclic amines) is 1. The van der Waals surface area contributed by atoms with Gasteiger partial charge in [0.15, 0.2) is 5.96 Å². The number of nitrogens with zero attached hydrogens (tertiary/aromatic N) is 3. The van der Waals surface area contributed by atoms with E-state index >= 15 is 0 Å². The first-order valence-electron chi connectivity index (χ1n) is 11.0. The summed E-state index contributed by atoms with van der Waals surface area (Å²) < 4.78 is 10.6. The van der Waals surface area contributed by atoms with Gasteiger partial charge in [0.1, 0.15) is 0 Å². The molecule has 7 nitrogen and oxygen atoms in total. The SMILES string of the molecule is CCNC(=NCC(c1cccc(C)c1)N1CCOCC1)N1CC(C)C(C(=O)OC)C1.I. The molecule has 2 saturated heterocycles. The molecular formula is C23H37IN4O3. The Morgan fingerprint density at radius 3 is 2.71 bits per heavy atom. The van der Waals surface area contributed by atoms with Crippen LogP contribution in [0.25, 0.3) is 0 Å². The Kier molecular flexibility index (Phi) is 10.5. The second-order valence-electron chi connectivity index (χ2n) is 8.28. The zero-order valence-electron chi connectivity index (χ0n) is 19.2. The maximum atomic E-state index is 12.1. The van der Waals surface area contributed by atoms with Gasteiger partial charge < -0.3 is 19.7 Å². The number of halogens is 1. The number of guanidine groups is 1. The molecule has 3 unspecified atom stereocenters. The van der Waals surface area contributed by atoms with E-state index in [9.17, 15) is 4.79 Å². The Labute approximate surface area is 203 Å². The Morgan fingerprint density at radius 1 is 1.32 bits per heavy atom. The van der Waals surface area contributed by atoms with Gasteiger partial charge in [0, 0.05) is 32.7 Å². The molecule has 174 valence electrons. The summed E-state index contributed by atoms with van der Waals surface area (Å²) in [6.07, 6.45) is 0. The molecule has 31 heavy (non-hydrogen) atoms. The van der Waals surface area contributed by atoms with Crippen molar-refractivity contribution >= 4 is 35.9 Å². The summed E-state index contributed by atoms with van der Waals surface area (Å²) >= 11 is 0. The number of carbonyl (C=O) groups is 1. The zero-order valence-corrected chi connectivity index (χ0v) is 21.5. The quantitative estimate of drug-likeness (QED) is 0.257. The number of ether oxygens (including phenoxy) is 2. The Morgan fingerprint density at radius 2 is 2.06 bits per heavy atom. The Hall–Kier alpha value is -1.39. The molecule has 0 bridgehead atoms. The normalized spacial score (nSPS) is 23.2. The van der Waals surface area contributed by atoms with Crippen molar-refractivity contribution in [2.24, 2.45) is 16.8 Å². The number of carbonyl (C=O) groups excluding carboxylic acids is 1.